The Morgan fingerprint density at radius 1 is 1.33 bits per heavy atom. The van der Waals surface area contributed by atoms with Crippen molar-refractivity contribution in [1.82, 2.24) is 4.90 Å². The van der Waals surface area contributed by atoms with Gasteiger partial charge in [0.1, 0.15) is 0 Å². The van der Waals surface area contributed by atoms with E-state index in [1.54, 1.807) is 0 Å². The van der Waals surface area contributed by atoms with E-state index >= 15 is 0 Å². The summed E-state index contributed by atoms with van der Waals surface area (Å²) in [5.74, 6) is 0.824. The molecule has 2 unspecified atom stereocenters. The lowest BCUT2D eigenvalue weighted by Crippen LogP contribution is -2.39. The molecule has 0 radical (unpaired) electrons. The summed E-state index contributed by atoms with van der Waals surface area (Å²) in [6.07, 6.45) is 4.77. The molecule has 1 aliphatic carbocycles. The molecule has 1 aromatic carbocycles. The third kappa shape index (κ3) is 2.89. The van der Waals surface area contributed by atoms with Gasteiger partial charge in [-0.2, -0.15) is 0 Å². The van der Waals surface area contributed by atoms with E-state index in [0.717, 1.165) is 23.7 Å². The average Bonchev–Trinajstić information content (AvgIpc) is 2.37. The SMILES string of the molecule is CC1CCCC(N(C)C(=O)c2ccccc2S)C1. The fraction of sp³-hybridized carbons (Fsp3) is 0.533. The van der Waals surface area contributed by atoms with Gasteiger partial charge in [0.15, 0.2) is 0 Å². The van der Waals surface area contributed by atoms with E-state index in [1.165, 1.54) is 12.8 Å². The average molecular weight is 263 g/mol. The molecule has 1 amide bonds. The molecule has 2 atom stereocenters. The molecule has 1 aromatic rings. The highest BCUT2D eigenvalue weighted by Gasteiger charge is 2.26. The molecule has 0 bridgehead atoms. The van der Waals surface area contributed by atoms with E-state index in [2.05, 4.69) is 19.6 Å². The van der Waals surface area contributed by atoms with Gasteiger partial charge in [-0.3, -0.25) is 4.79 Å². The Morgan fingerprint density at radius 2 is 2.06 bits per heavy atom. The van der Waals surface area contributed by atoms with Crippen molar-refractivity contribution in [2.24, 2.45) is 5.92 Å². The summed E-state index contributed by atoms with van der Waals surface area (Å²) in [6.45, 7) is 2.27. The normalized spacial score (nSPS) is 23.7. The topological polar surface area (TPSA) is 20.3 Å². The van der Waals surface area contributed by atoms with Crippen LogP contribution < -0.4 is 0 Å². The zero-order chi connectivity index (χ0) is 13.1. The van der Waals surface area contributed by atoms with Crippen LogP contribution in [0.15, 0.2) is 29.2 Å². The van der Waals surface area contributed by atoms with E-state index in [-0.39, 0.29) is 5.91 Å². The summed E-state index contributed by atoms with van der Waals surface area (Å²) in [6, 6.07) is 7.90. The number of rotatable bonds is 2. The minimum absolute atomic E-state index is 0.0969. The maximum absolute atomic E-state index is 12.4. The largest absolute Gasteiger partial charge is 0.339 e. The molecule has 3 heteroatoms. The lowest BCUT2D eigenvalue weighted by atomic mass is 9.86. The number of carbonyl (C=O) groups is 1. The van der Waals surface area contributed by atoms with Gasteiger partial charge in [-0.1, -0.05) is 31.9 Å². The van der Waals surface area contributed by atoms with Crippen LogP contribution in [-0.2, 0) is 0 Å². The molecule has 1 saturated carbocycles. The van der Waals surface area contributed by atoms with E-state index in [4.69, 9.17) is 0 Å². The highest BCUT2D eigenvalue weighted by molar-refractivity contribution is 7.80. The molecule has 1 fully saturated rings. The fourth-order valence-electron chi connectivity index (χ4n) is 2.76. The second-order valence-corrected chi connectivity index (χ2v) is 5.84. The van der Waals surface area contributed by atoms with Gasteiger partial charge in [0.25, 0.3) is 5.91 Å². The third-order valence-corrected chi connectivity index (χ3v) is 4.30. The second-order valence-electron chi connectivity index (χ2n) is 5.36. The maximum atomic E-state index is 12.4. The number of hydrogen-bond acceptors (Lipinski definition) is 2. The number of benzene rings is 1. The monoisotopic (exact) mass is 263 g/mol. The summed E-state index contributed by atoms with van der Waals surface area (Å²) < 4.78 is 0. The van der Waals surface area contributed by atoms with Crippen molar-refractivity contribution in [3.63, 3.8) is 0 Å². The van der Waals surface area contributed by atoms with Crippen LogP contribution >= 0.6 is 12.6 Å². The van der Waals surface area contributed by atoms with Crippen LogP contribution in [0.4, 0.5) is 0 Å². The van der Waals surface area contributed by atoms with Crippen molar-refractivity contribution in [3.8, 4) is 0 Å². The minimum atomic E-state index is 0.0969. The number of amides is 1. The molecule has 1 aliphatic rings. The van der Waals surface area contributed by atoms with E-state index in [9.17, 15) is 4.79 Å². The van der Waals surface area contributed by atoms with E-state index in [0.29, 0.717) is 11.6 Å². The molecule has 98 valence electrons. The Kier molecular flexibility index (Phi) is 4.33. The molecule has 2 rings (SSSR count). The fourth-order valence-corrected chi connectivity index (χ4v) is 3.02. The van der Waals surface area contributed by atoms with Crippen LogP contribution in [0.5, 0.6) is 0 Å². The van der Waals surface area contributed by atoms with Gasteiger partial charge in [-0.15, -0.1) is 12.6 Å². The quantitative estimate of drug-likeness (QED) is 0.808. The first-order valence-corrected chi connectivity index (χ1v) is 7.09. The third-order valence-electron chi connectivity index (χ3n) is 3.91. The second kappa shape index (κ2) is 5.79. The molecule has 2 nitrogen and oxygen atoms in total. The lowest BCUT2D eigenvalue weighted by Gasteiger charge is -2.34. The molecule has 0 N–H and O–H groups in total. The van der Waals surface area contributed by atoms with Crippen LogP contribution in [0.2, 0.25) is 0 Å². The zero-order valence-corrected chi connectivity index (χ0v) is 12.0. The number of nitrogens with zero attached hydrogens (tertiary/aromatic N) is 1. The number of thiol groups is 1. The first kappa shape index (κ1) is 13.5. The Labute approximate surface area is 115 Å². The van der Waals surface area contributed by atoms with Crippen molar-refractivity contribution in [2.45, 2.75) is 43.5 Å². The van der Waals surface area contributed by atoms with Gasteiger partial charge in [-0.25, -0.2) is 0 Å². The summed E-state index contributed by atoms with van der Waals surface area (Å²) in [4.78, 5) is 15.1. The zero-order valence-electron chi connectivity index (χ0n) is 11.1. The molecule has 0 aliphatic heterocycles. The molecule has 0 spiro atoms. The standard InChI is InChI=1S/C15H21NOS/c1-11-6-5-7-12(10-11)16(2)15(17)13-8-3-4-9-14(13)18/h3-4,8-9,11-12,18H,5-7,10H2,1-2H3. The predicted molar refractivity (Wildman–Crippen MR) is 77.2 cm³/mol. The smallest absolute Gasteiger partial charge is 0.254 e. The van der Waals surface area contributed by atoms with Gasteiger partial charge < -0.3 is 4.90 Å². The van der Waals surface area contributed by atoms with Crippen molar-refractivity contribution in [1.29, 1.82) is 0 Å². The van der Waals surface area contributed by atoms with Gasteiger partial charge >= 0.3 is 0 Å². The van der Waals surface area contributed by atoms with Crippen LogP contribution in [0.1, 0.15) is 43.0 Å². The van der Waals surface area contributed by atoms with E-state index in [1.807, 2.05) is 36.2 Å². The molecular weight excluding hydrogens is 242 g/mol. The van der Waals surface area contributed by atoms with Crippen molar-refractivity contribution >= 4 is 18.5 Å². The summed E-state index contributed by atoms with van der Waals surface area (Å²) in [7, 11) is 1.92. The molecule has 0 heterocycles. The molecule has 0 saturated heterocycles. The van der Waals surface area contributed by atoms with Crippen molar-refractivity contribution in [3.05, 3.63) is 29.8 Å². The van der Waals surface area contributed by atoms with Gasteiger partial charge in [0, 0.05) is 18.0 Å². The Balaban J connectivity index is 2.11. The summed E-state index contributed by atoms with van der Waals surface area (Å²) in [5.41, 5.74) is 0.710. The van der Waals surface area contributed by atoms with Gasteiger partial charge in [0.05, 0.1) is 5.56 Å². The first-order valence-electron chi connectivity index (χ1n) is 6.64. The Bertz CT molecular complexity index is 432. The minimum Gasteiger partial charge on any atom is -0.339 e. The highest BCUT2D eigenvalue weighted by Crippen LogP contribution is 2.28. The van der Waals surface area contributed by atoms with Crippen molar-refractivity contribution < 1.29 is 4.79 Å². The first-order chi connectivity index (χ1) is 8.59. The summed E-state index contributed by atoms with van der Waals surface area (Å²) in [5, 5.41) is 0. The van der Waals surface area contributed by atoms with Gasteiger partial charge in [0.2, 0.25) is 0 Å². The molecular formula is C15H21NOS. The Hall–Kier alpha value is -0.960. The predicted octanol–water partition coefficient (Wildman–Crippen LogP) is 3.63. The lowest BCUT2D eigenvalue weighted by molar-refractivity contribution is 0.0669. The van der Waals surface area contributed by atoms with Crippen LogP contribution in [0.3, 0.4) is 0 Å². The van der Waals surface area contributed by atoms with Crippen LogP contribution in [-0.4, -0.2) is 23.9 Å². The summed E-state index contributed by atoms with van der Waals surface area (Å²) >= 11 is 4.37. The van der Waals surface area contributed by atoms with Crippen LogP contribution in [0, 0.1) is 5.92 Å². The van der Waals surface area contributed by atoms with Gasteiger partial charge in [-0.05, 0) is 30.9 Å². The number of carbonyl (C=O) groups excluding carboxylic acids is 1. The van der Waals surface area contributed by atoms with Crippen LogP contribution in [0.25, 0.3) is 0 Å². The molecule has 18 heavy (non-hydrogen) atoms. The number of hydrogen-bond donors (Lipinski definition) is 1. The van der Waals surface area contributed by atoms with Crippen molar-refractivity contribution in [2.75, 3.05) is 7.05 Å². The van der Waals surface area contributed by atoms with E-state index < -0.39 is 0 Å². The maximum Gasteiger partial charge on any atom is 0.254 e. The molecule has 0 aromatic heterocycles. The Morgan fingerprint density at radius 3 is 2.72 bits per heavy atom. The highest BCUT2D eigenvalue weighted by atomic mass is 32.1.